The number of aromatic carboxylic acids is 1. The van der Waals surface area contributed by atoms with Crippen molar-refractivity contribution in [3.63, 3.8) is 0 Å². The van der Waals surface area contributed by atoms with E-state index in [4.69, 9.17) is 0 Å². The molecule has 0 spiro atoms. The van der Waals surface area contributed by atoms with E-state index in [0.717, 1.165) is 38.6 Å². The number of aromatic nitrogens is 3. The summed E-state index contributed by atoms with van der Waals surface area (Å²) in [5.74, 6) is -1.29. The fraction of sp³-hybridized carbons (Fsp3) is 0.179. The monoisotopic (exact) mass is 466 g/mol. The molecule has 5 aromatic rings. The van der Waals surface area contributed by atoms with Crippen LogP contribution in [0, 0.1) is 17.1 Å². The molecule has 0 unspecified atom stereocenters. The zero-order valence-electron chi connectivity index (χ0n) is 19.3. The van der Waals surface area contributed by atoms with Crippen LogP contribution >= 0.6 is 0 Å². The van der Waals surface area contributed by atoms with Crippen molar-refractivity contribution < 1.29 is 14.3 Å². The number of aromatic amines is 1. The number of nitrogens with one attached hydrogen (secondary N) is 1. The zero-order chi connectivity index (χ0) is 24.7. The number of benzene rings is 3. The second kappa shape index (κ2) is 8.41. The summed E-state index contributed by atoms with van der Waals surface area (Å²) in [7, 11) is 0. The van der Waals surface area contributed by atoms with Crippen LogP contribution < -0.4 is 0 Å². The van der Waals surface area contributed by atoms with E-state index < -0.39 is 11.4 Å². The quantitative estimate of drug-likeness (QED) is 0.309. The largest absolute Gasteiger partial charge is 0.478 e. The van der Waals surface area contributed by atoms with E-state index in [-0.39, 0.29) is 24.3 Å². The highest BCUT2D eigenvalue weighted by Gasteiger charge is 2.32. The Labute approximate surface area is 201 Å². The van der Waals surface area contributed by atoms with E-state index in [9.17, 15) is 19.6 Å². The Kier molecular flexibility index (Phi) is 5.37. The van der Waals surface area contributed by atoms with Crippen LogP contribution in [-0.4, -0.2) is 25.8 Å². The number of carboxylic acids is 1. The predicted octanol–water partition coefficient (Wildman–Crippen LogP) is 6.26. The van der Waals surface area contributed by atoms with E-state index in [1.807, 2.05) is 32.0 Å². The van der Waals surface area contributed by atoms with Gasteiger partial charge in [0.05, 0.1) is 35.4 Å². The molecule has 3 aromatic carbocycles. The fourth-order valence-corrected chi connectivity index (χ4v) is 4.80. The van der Waals surface area contributed by atoms with Gasteiger partial charge in [-0.3, -0.25) is 5.10 Å². The molecule has 0 saturated heterocycles. The van der Waals surface area contributed by atoms with Crippen molar-refractivity contribution in [1.29, 1.82) is 5.26 Å². The summed E-state index contributed by atoms with van der Waals surface area (Å²) in [4.78, 5) is 11.4. The average Bonchev–Trinajstić information content (AvgIpc) is 3.41. The van der Waals surface area contributed by atoms with Gasteiger partial charge in [0, 0.05) is 39.4 Å². The van der Waals surface area contributed by atoms with Crippen molar-refractivity contribution in [1.82, 2.24) is 14.8 Å². The lowest BCUT2D eigenvalue weighted by Crippen LogP contribution is -2.23. The molecular formula is C28H23FN4O2. The summed E-state index contributed by atoms with van der Waals surface area (Å²) >= 11 is 0. The molecular weight excluding hydrogens is 443 g/mol. The Morgan fingerprint density at radius 3 is 2.60 bits per heavy atom. The standard InChI is InChI=1S/C28H23FN4O2/c1-28(2,11-12-30)26-25(17-7-9-18(10-8-17)27(34)35)21-14-23-20(15-31-32-23)13-24(21)33(26)16-19-5-3-4-6-22(19)29/h3-10,13-15H,11,16H2,1-2H3,(H,31,32)(H,34,35). The van der Waals surface area contributed by atoms with Crippen molar-refractivity contribution in [2.24, 2.45) is 0 Å². The molecule has 0 saturated carbocycles. The topological polar surface area (TPSA) is 94.7 Å². The summed E-state index contributed by atoms with van der Waals surface area (Å²) in [6.07, 6.45) is 2.00. The van der Waals surface area contributed by atoms with Crippen LogP contribution in [0.25, 0.3) is 32.9 Å². The summed E-state index contributed by atoms with van der Waals surface area (Å²) < 4.78 is 16.8. The first-order chi connectivity index (χ1) is 16.8. The van der Waals surface area contributed by atoms with E-state index in [1.54, 1.807) is 42.6 Å². The number of H-pyrrole nitrogens is 1. The molecule has 0 atom stereocenters. The minimum Gasteiger partial charge on any atom is -0.478 e. The maximum absolute atomic E-state index is 14.8. The summed E-state index contributed by atoms with van der Waals surface area (Å²) in [5.41, 5.74) is 4.51. The van der Waals surface area contributed by atoms with E-state index >= 15 is 0 Å². The number of rotatable bonds is 6. The first-order valence-electron chi connectivity index (χ1n) is 11.2. The molecule has 2 N–H and O–H groups in total. The van der Waals surface area contributed by atoms with Gasteiger partial charge in [-0.1, -0.05) is 44.2 Å². The fourth-order valence-electron chi connectivity index (χ4n) is 4.80. The lowest BCUT2D eigenvalue weighted by molar-refractivity contribution is 0.0697. The zero-order valence-corrected chi connectivity index (χ0v) is 19.3. The Morgan fingerprint density at radius 1 is 1.17 bits per heavy atom. The lowest BCUT2D eigenvalue weighted by atomic mass is 9.81. The highest BCUT2D eigenvalue weighted by Crippen LogP contribution is 2.44. The van der Waals surface area contributed by atoms with Crippen molar-refractivity contribution in [2.75, 3.05) is 0 Å². The molecule has 174 valence electrons. The number of hydrogen-bond acceptors (Lipinski definition) is 3. The van der Waals surface area contributed by atoms with Gasteiger partial charge in [-0.05, 0) is 35.9 Å². The van der Waals surface area contributed by atoms with Crippen molar-refractivity contribution >= 4 is 27.8 Å². The third kappa shape index (κ3) is 3.83. The van der Waals surface area contributed by atoms with E-state index in [0.29, 0.717) is 5.56 Å². The Hall–Kier alpha value is -4.44. The summed E-state index contributed by atoms with van der Waals surface area (Å²) in [6.45, 7) is 4.29. The third-order valence-electron chi connectivity index (χ3n) is 6.49. The maximum Gasteiger partial charge on any atom is 0.335 e. The number of carboxylic acid groups (broad SMARTS) is 1. The summed E-state index contributed by atoms with van der Waals surface area (Å²) in [6, 6.07) is 19.8. The van der Waals surface area contributed by atoms with Gasteiger partial charge in [0.2, 0.25) is 0 Å². The highest BCUT2D eigenvalue weighted by molar-refractivity contribution is 6.05. The van der Waals surface area contributed by atoms with Gasteiger partial charge in [-0.15, -0.1) is 0 Å². The molecule has 35 heavy (non-hydrogen) atoms. The van der Waals surface area contributed by atoms with Gasteiger partial charge in [0.1, 0.15) is 5.82 Å². The van der Waals surface area contributed by atoms with E-state index in [2.05, 4.69) is 20.8 Å². The molecule has 0 radical (unpaired) electrons. The molecule has 0 bridgehead atoms. The molecule has 6 nitrogen and oxygen atoms in total. The molecule has 0 aliphatic rings. The van der Waals surface area contributed by atoms with Crippen LogP contribution in [0.3, 0.4) is 0 Å². The van der Waals surface area contributed by atoms with Gasteiger partial charge in [0.15, 0.2) is 0 Å². The van der Waals surface area contributed by atoms with Crippen LogP contribution in [0.15, 0.2) is 66.9 Å². The third-order valence-corrected chi connectivity index (χ3v) is 6.49. The molecule has 0 fully saturated rings. The van der Waals surface area contributed by atoms with Crippen LogP contribution in [0.1, 0.15) is 41.9 Å². The second-order valence-corrected chi connectivity index (χ2v) is 9.33. The van der Waals surface area contributed by atoms with Crippen molar-refractivity contribution in [3.8, 4) is 17.2 Å². The SMILES string of the molecule is CC(C)(CC#N)c1c(-c2ccc(C(=O)O)cc2)c2cc3[nH]ncc3cc2n1Cc1ccccc1F. The minimum absolute atomic E-state index is 0.192. The normalized spacial score (nSPS) is 11.7. The number of hydrogen-bond donors (Lipinski definition) is 2. The van der Waals surface area contributed by atoms with Crippen molar-refractivity contribution in [2.45, 2.75) is 32.2 Å². The molecule has 0 aliphatic carbocycles. The predicted molar refractivity (Wildman–Crippen MR) is 133 cm³/mol. The van der Waals surface area contributed by atoms with Crippen LogP contribution in [0.5, 0.6) is 0 Å². The highest BCUT2D eigenvalue weighted by atomic mass is 19.1. The number of nitrogens with zero attached hydrogens (tertiary/aromatic N) is 3. The number of carbonyl (C=O) groups is 1. The minimum atomic E-state index is -0.997. The van der Waals surface area contributed by atoms with Crippen LogP contribution in [0.2, 0.25) is 0 Å². The van der Waals surface area contributed by atoms with Gasteiger partial charge < -0.3 is 9.67 Å². The Morgan fingerprint density at radius 2 is 1.91 bits per heavy atom. The summed E-state index contributed by atoms with van der Waals surface area (Å²) in [5, 5.41) is 28.0. The second-order valence-electron chi connectivity index (χ2n) is 9.33. The van der Waals surface area contributed by atoms with Gasteiger partial charge in [0.25, 0.3) is 0 Å². The molecule has 5 rings (SSSR count). The smallest absolute Gasteiger partial charge is 0.335 e. The Bertz CT molecular complexity index is 1620. The number of halogens is 1. The van der Waals surface area contributed by atoms with Crippen LogP contribution in [-0.2, 0) is 12.0 Å². The van der Waals surface area contributed by atoms with Crippen molar-refractivity contribution in [3.05, 3.63) is 89.5 Å². The molecule has 0 amide bonds. The Balaban J connectivity index is 1.88. The number of fused-ring (bicyclic) bond motifs is 2. The maximum atomic E-state index is 14.8. The molecule has 2 aromatic heterocycles. The first kappa shape index (κ1) is 22.4. The lowest BCUT2D eigenvalue weighted by Gasteiger charge is -2.27. The van der Waals surface area contributed by atoms with Gasteiger partial charge >= 0.3 is 5.97 Å². The van der Waals surface area contributed by atoms with Crippen LogP contribution in [0.4, 0.5) is 4.39 Å². The van der Waals surface area contributed by atoms with E-state index in [1.165, 1.54) is 6.07 Å². The molecule has 7 heteroatoms. The molecule has 2 heterocycles. The van der Waals surface area contributed by atoms with Gasteiger partial charge in [-0.25, -0.2) is 9.18 Å². The first-order valence-corrected chi connectivity index (χ1v) is 11.2. The average molecular weight is 467 g/mol. The van der Waals surface area contributed by atoms with Gasteiger partial charge in [-0.2, -0.15) is 10.4 Å². The molecule has 0 aliphatic heterocycles. The number of nitriles is 1.